The Morgan fingerprint density at radius 3 is 2.64 bits per heavy atom. The van der Waals surface area contributed by atoms with E-state index < -0.39 is 0 Å². The molecule has 2 saturated heterocycles. The van der Waals surface area contributed by atoms with Crippen LogP contribution in [-0.2, 0) is 0 Å². The molecule has 4 unspecified atom stereocenters. The minimum Gasteiger partial charge on any atom is -0.157 e. The predicted octanol–water partition coefficient (Wildman–Crippen LogP) is 3.02. The van der Waals surface area contributed by atoms with E-state index >= 15 is 0 Å². The molecular formula is C9H16S2. The van der Waals surface area contributed by atoms with Crippen molar-refractivity contribution >= 4 is 23.5 Å². The van der Waals surface area contributed by atoms with Crippen LogP contribution in [0.1, 0.15) is 26.7 Å². The summed E-state index contributed by atoms with van der Waals surface area (Å²) in [6.45, 7) is 4.78. The maximum absolute atomic E-state index is 2.42. The second kappa shape index (κ2) is 3.21. The molecule has 0 N–H and O–H groups in total. The lowest BCUT2D eigenvalue weighted by Crippen LogP contribution is -2.05. The lowest BCUT2D eigenvalue weighted by molar-refractivity contribution is 0.519. The van der Waals surface area contributed by atoms with Gasteiger partial charge in [0.15, 0.2) is 0 Å². The third kappa shape index (κ3) is 2.32. The van der Waals surface area contributed by atoms with Crippen molar-refractivity contribution < 1.29 is 0 Å². The van der Waals surface area contributed by atoms with Crippen LogP contribution in [0.3, 0.4) is 0 Å². The first-order valence-electron chi connectivity index (χ1n) is 4.54. The molecule has 4 atom stereocenters. The van der Waals surface area contributed by atoms with E-state index in [2.05, 4.69) is 37.4 Å². The Balaban J connectivity index is 1.61. The van der Waals surface area contributed by atoms with Gasteiger partial charge in [0.1, 0.15) is 0 Å². The van der Waals surface area contributed by atoms with Crippen LogP contribution < -0.4 is 0 Å². The summed E-state index contributed by atoms with van der Waals surface area (Å²) in [5, 5.41) is 3.03. The van der Waals surface area contributed by atoms with Crippen LogP contribution in [0.2, 0.25) is 0 Å². The highest BCUT2D eigenvalue weighted by Crippen LogP contribution is 2.48. The number of hydrogen-bond acceptors (Lipinski definition) is 2. The Bertz CT molecular complexity index is 142. The van der Waals surface area contributed by atoms with E-state index in [0.717, 1.165) is 21.7 Å². The molecule has 2 aliphatic rings. The molecule has 64 valence electrons. The molecule has 0 saturated carbocycles. The van der Waals surface area contributed by atoms with E-state index in [4.69, 9.17) is 0 Å². The number of rotatable bonds is 4. The Morgan fingerprint density at radius 1 is 1.55 bits per heavy atom. The second-order valence-electron chi connectivity index (χ2n) is 3.82. The zero-order valence-electron chi connectivity index (χ0n) is 7.25. The maximum Gasteiger partial charge on any atom is 0.0192 e. The Labute approximate surface area is 77.9 Å². The van der Waals surface area contributed by atoms with Gasteiger partial charge in [-0.25, -0.2) is 0 Å². The van der Waals surface area contributed by atoms with Crippen LogP contribution in [0.5, 0.6) is 0 Å². The summed E-state index contributed by atoms with van der Waals surface area (Å²) in [6, 6.07) is 0. The van der Waals surface area contributed by atoms with Gasteiger partial charge in [-0.2, -0.15) is 23.5 Å². The third-order valence-electron chi connectivity index (χ3n) is 2.67. The highest BCUT2D eigenvalue weighted by atomic mass is 32.2. The molecule has 2 heterocycles. The smallest absolute Gasteiger partial charge is 0.0192 e. The zero-order valence-corrected chi connectivity index (χ0v) is 8.88. The van der Waals surface area contributed by atoms with Crippen molar-refractivity contribution in [3.05, 3.63) is 0 Å². The summed E-state index contributed by atoms with van der Waals surface area (Å²) < 4.78 is 0. The molecule has 0 bridgehead atoms. The topological polar surface area (TPSA) is 0 Å². The molecule has 0 amide bonds. The normalized spacial score (nSPS) is 43.6. The average molecular weight is 188 g/mol. The molecule has 2 heteroatoms. The molecule has 11 heavy (non-hydrogen) atoms. The van der Waals surface area contributed by atoms with Crippen LogP contribution in [-0.4, -0.2) is 21.5 Å². The fourth-order valence-corrected chi connectivity index (χ4v) is 3.33. The van der Waals surface area contributed by atoms with Crippen molar-refractivity contribution in [3.8, 4) is 0 Å². The third-order valence-corrected chi connectivity index (χ3v) is 5.30. The lowest BCUT2D eigenvalue weighted by Gasteiger charge is -2.07. The van der Waals surface area contributed by atoms with Crippen LogP contribution in [0.4, 0.5) is 0 Å². The van der Waals surface area contributed by atoms with Crippen molar-refractivity contribution in [2.24, 2.45) is 5.92 Å². The monoisotopic (exact) mass is 188 g/mol. The first-order chi connectivity index (χ1) is 5.27. The van der Waals surface area contributed by atoms with Gasteiger partial charge >= 0.3 is 0 Å². The first kappa shape index (κ1) is 8.31. The average Bonchev–Trinajstić information content (AvgIpc) is 2.78. The molecule has 0 radical (unpaired) electrons. The van der Waals surface area contributed by atoms with Crippen molar-refractivity contribution in [1.29, 1.82) is 0 Å². The lowest BCUT2D eigenvalue weighted by atomic mass is 10.00. The van der Waals surface area contributed by atoms with Gasteiger partial charge in [-0.1, -0.05) is 13.8 Å². The summed E-state index contributed by atoms with van der Waals surface area (Å²) in [5.74, 6) is 2.43. The van der Waals surface area contributed by atoms with E-state index in [1.54, 1.807) is 0 Å². The van der Waals surface area contributed by atoms with Crippen LogP contribution in [0.25, 0.3) is 0 Å². The van der Waals surface area contributed by atoms with Crippen LogP contribution in [0.15, 0.2) is 0 Å². The summed E-state index contributed by atoms with van der Waals surface area (Å²) in [5.41, 5.74) is 0. The van der Waals surface area contributed by atoms with Crippen molar-refractivity contribution in [1.82, 2.24) is 0 Å². The summed E-state index contributed by atoms with van der Waals surface area (Å²) >= 11 is 4.30. The van der Waals surface area contributed by atoms with E-state index in [1.165, 1.54) is 18.6 Å². The molecule has 2 rings (SSSR count). The molecule has 0 aromatic carbocycles. The SMILES string of the molecule is CC(CCC1CS1)C1SC1C. The van der Waals surface area contributed by atoms with Gasteiger partial charge in [-0.3, -0.25) is 0 Å². The Kier molecular flexibility index (Phi) is 2.43. The van der Waals surface area contributed by atoms with Gasteiger partial charge in [0.2, 0.25) is 0 Å². The zero-order chi connectivity index (χ0) is 7.84. The van der Waals surface area contributed by atoms with Gasteiger partial charge < -0.3 is 0 Å². The molecule has 2 fully saturated rings. The summed E-state index contributed by atoms with van der Waals surface area (Å²) in [7, 11) is 0. The molecule has 0 aromatic heterocycles. The van der Waals surface area contributed by atoms with Gasteiger partial charge in [-0.15, -0.1) is 0 Å². The van der Waals surface area contributed by atoms with E-state index in [-0.39, 0.29) is 0 Å². The first-order valence-corrected chi connectivity index (χ1v) is 6.53. The Morgan fingerprint density at radius 2 is 2.18 bits per heavy atom. The predicted molar refractivity (Wildman–Crippen MR) is 55.5 cm³/mol. The van der Waals surface area contributed by atoms with Gasteiger partial charge in [0.05, 0.1) is 0 Å². The van der Waals surface area contributed by atoms with Crippen molar-refractivity contribution in [2.45, 2.75) is 42.4 Å². The van der Waals surface area contributed by atoms with E-state index in [0.29, 0.717) is 0 Å². The maximum atomic E-state index is 2.42. The number of thioether (sulfide) groups is 2. The largest absolute Gasteiger partial charge is 0.157 e. The minimum atomic E-state index is 0.969. The van der Waals surface area contributed by atoms with E-state index in [9.17, 15) is 0 Å². The highest BCUT2D eigenvalue weighted by Gasteiger charge is 2.38. The second-order valence-corrected chi connectivity index (χ2v) is 6.71. The van der Waals surface area contributed by atoms with Gasteiger partial charge in [0.25, 0.3) is 0 Å². The summed E-state index contributed by atoms with van der Waals surface area (Å²) in [6.07, 6.45) is 2.95. The quantitative estimate of drug-likeness (QED) is 0.622. The fraction of sp³-hybridized carbons (Fsp3) is 1.00. The number of hydrogen-bond donors (Lipinski definition) is 0. The summed E-state index contributed by atoms with van der Waals surface area (Å²) in [4.78, 5) is 0. The molecule has 0 nitrogen and oxygen atoms in total. The van der Waals surface area contributed by atoms with Gasteiger partial charge in [0, 0.05) is 21.5 Å². The van der Waals surface area contributed by atoms with Crippen molar-refractivity contribution in [2.75, 3.05) is 5.75 Å². The van der Waals surface area contributed by atoms with Crippen molar-refractivity contribution in [3.63, 3.8) is 0 Å². The molecule has 0 spiro atoms. The standard InChI is InChI=1S/C9H16S2/c1-6(9-7(2)11-9)3-4-8-5-10-8/h6-9H,3-5H2,1-2H3. The molecule has 0 aromatic rings. The molecule has 0 aliphatic carbocycles. The van der Waals surface area contributed by atoms with Crippen LogP contribution in [0, 0.1) is 5.92 Å². The minimum absolute atomic E-state index is 0.969. The highest BCUT2D eigenvalue weighted by molar-refractivity contribution is 8.07. The van der Waals surface area contributed by atoms with E-state index in [1.807, 2.05) is 0 Å². The molecule has 2 aliphatic heterocycles. The fourth-order valence-electron chi connectivity index (χ4n) is 1.65. The van der Waals surface area contributed by atoms with Gasteiger partial charge in [-0.05, 0) is 18.8 Å². The Hall–Kier alpha value is 0.700. The molecular weight excluding hydrogens is 172 g/mol. The van der Waals surface area contributed by atoms with Crippen LogP contribution >= 0.6 is 23.5 Å².